The molecule has 0 spiro atoms. The van der Waals surface area contributed by atoms with Crippen molar-refractivity contribution in [1.29, 1.82) is 0 Å². The van der Waals surface area contributed by atoms with E-state index >= 15 is 0 Å². The number of aliphatic carboxylic acids is 1. The number of hydrogen-bond acceptors (Lipinski definition) is 2. The van der Waals surface area contributed by atoms with Gasteiger partial charge in [0.15, 0.2) is 0 Å². The topological polar surface area (TPSA) is 46.5 Å². The smallest absolute Gasteiger partial charge is 0.314 e. The van der Waals surface area contributed by atoms with E-state index in [2.05, 4.69) is 6.92 Å². The minimum atomic E-state index is -0.709. The third kappa shape index (κ3) is 1.90. The van der Waals surface area contributed by atoms with Crippen molar-refractivity contribution >= 4 is 5.97 Å². The average Bonchev–Trinajstić information content (AvgIpc) is 2.26. The Bertz CT molecular complexity index is 411. The first kappa shape index (κ1) is 12.0. The Morgan fingerprint density at radius 1 is 1.41 bits per heavy atom. The molecule has 3 heteroatoms. The number of carboxylic acids is 1. The third-order valence-electron chi connectivity index (χ3n) is 3.78. The van der Waals surface area contributed by atoms with Crippen LogP contribution in [0, 0.1) is 0 Å². The summed E-state index contributed by atoms with van der Waals surface area (Å²) in [6.07, 6.45) is 3.35. The summed E-state index contributed by atoms with van der Waals surface area (Å²) in [5.74, 6) is 0.0472. The minimum absolute atomic E-state index is 0.668. The zero-order chi connectivity index (χ0) is 12.5. The van der Waals surface area contributed by atoms with Crippen LogP contribution in [0.2, 0.25) is 0 Å². The Kier molecular flexibility index (Phi) is 3.09. The van der Waals surface area contributed by atoms with E-state index in [1.165, 1.54) is 0 Å². The monoisotopic (exact) mass is 234 g/mol. The van der Waals surface area contributed by atoms with E-state index in [0.29, 0.717) is 0 Å². The van der Waals surface area contributed by atoms with Gasteiger partial charge in [0, 0.05) is 0 Å². The summed E-state index contributed by atoms with van der Waals surface area (Å²) in [6.45, 7) is 2.06. The van der Waals surface area contributed by atoms with Crippen LogP contribution in [0.15, 0.2) is 18.2 Å². The van der Waals surface area contributed by atoms with Crippen molar-refractivity contribution in [3.8, 4) is 5.75 Å². The highest BCUT2D eigenvalue weighted by Crippen LogP contribution is 2.45. The van der Waals surface area contributed by atoms with E-state index in [-0.39, 0.29) is 0 Å². The van der Waals surface area contributed by atoms with Crippen molar-refractivity contribution in [1.82, 2.24) is 0 Å². The highest BCUT2D eigenvalue weighted by molar-refractivity contribution is 5.82. The van der Waals surface area contributed by atoms with Gasteiger partial charge in [0.25, 0.3) is 0 Å². The van der Waals surface area contributed by atoms with E-state index in [1.54, 1.807) is 7.11 Å². The summed E-state index contributed by atoms with van der Waals surface area (Å²) in [6, 6.07) is 5.85. The van der Waals surface area contributed by atoms with Crippen LogP contribution in [0.5, 0.6) is 5.75 Å². The van der Waals surface area contributed by atoms with Gasteiger partial charge in [0.05, 0.1) is 12.5 Å². The van der Waals surface area contributed by atoms with Crippen LogP contribution in [-0.4, -0.2) is 18.2 Å². The predicted molar refractivity (Wildman–Crippen MR) is 65.5 cm³/mol. The van der Waals surface area contributed by atoms with Gasteiger partial charge in [-0.2, -0.15) is 0 Å². The lowest BCUT2D eigenvalue weighted by Gasteiger charge is -2.38. The molecule has 1 fully saturated rings. The van der Waals surface area contributed by atoms with Crippen molar-refractivity contribution in [2.75, 3.05) is 7.11 Å². The normalized spacial score (nSPS) is 17.3. The van der Waals surface area contributed by atoms with Crippen LogP contribution in [0.25, 0.3) is 0 Å². The van der Waals surface area contributed by atoms with Crippen LogP contribution in [0.1, 0.15) is 37.3 Å². The molecule has 0 aromatic heterocycles. The lowest BCUT2D eigenvalue weighted by molar-refractivity contribution is -0.147. The van der Waals surface area contributed by atoms with Crippen molar-refractivity contribution < 1.29 is 14.6 Å². The second-order valence-corrected chi connectivity index (χ2v) is 4.66. The van der Waals surface area contributed by atoms with Crippen LogP contribution in [0.4, 0.5) is 0 Å². The lowest BCUT2D eigenvalue weighted by atomic mass is 9.64. The molecule has 1 N–H and O–H groups in total. The minimum Gasteiger partial charge on any atom is -0.497 e. The lowest BCUT2D eigenvalue weighted by Crippen LogP contribution is -2.42. The van der Waals surface area contributed by atoms with E-state index in [0.717, 1.165) is 42.6 Å². The third-order valence-corrected chi connectivity index (χ3v) is 3.78. The fourth-order valence-electron chi connectivity index (χ4n) is 2.42. The zero-order valence-electron chi connectivity index (χ0n) is 10.3. The Morgan fingerprint density at radius 3 is 2.53 bits per heavy atom. The van der Waals surface area contributed by atoms with Gasteiger partial charge < -0.3 is 9.84 Å². The molecule has 3 nitrogen and oxygen atoms in total. The first-order chi connectivity index (χ1) is 8.12. The van der Waals surface area contributed by atoms with Crippen LogP contribution in [0.3, 0.4) is 0 Å². The maximum atomic E-state index is 11.5. The van der Waals surface area contributed by atoms with Crippen molar-refractivity contribution in [3.05, 3.63) is 29.3 Å². The molecule has 0 heterocycles. The quantitative estimate of drug-likeness (QED) is 0.871. The van der Waals surface area contributed by atoms with Crippen LogP contribution in [-0.2, 0) is 16.6 Å². The van der Waals surface area contributed by atoms with E-state index in [1.807, 2.05) is 18.2 Å². The zero-order valence-corrected chi connectivity index (χ0v) is 10.3. The molecule has 0 atom stereocenters. The molecule has 0 bridgehead atoms. The summed E-state index contributed by atoms with van der Waals surface area (Å²) >= 11 is 0. The van der Waals surface area contributed by atoms with Crippen molar-refractivity contribution in [2.45, 2.75) is 38.0 Å². The van der Waals surface area contributed by atoms with Crippen LogP contribution >= 0.6 is 0 Å². The summed E-state index contributed by atoms with van der Waals surface area (Å²) in [4.78, 5) is 11.5. The molecule has 1 aromatic carbocycles. The second kappa shape index (κ2) is 4.40. The number of carbonyl (C=O) groups is 1. The predicted octanol–water partition coefficient (Wildman–Crippen LogP) is 2.76. The Hall–Kier alpha value is -1.51. The van der Waals surface area contributed by atoms with Crippen LogP contribution < -0.4 is 4.74 Å². The van der Waals surface area contributed by atoms with E-state index in [9.17, 15) is 9.90 Å². The molecular weight excluding hydrogens is 216 g/mol. The largest absolute Gasteiger partial charge is 0.497 e. The van der Waals surface area contributed by atoms with Gasteiger partial charge in [0.2, 0.25) is 0 Å². The maximum absolute atomic E-state index is 11.5. The highest BCUT2D eigenvalue weighted by atomic mass is 16.5. The second-order valence-electron chi connectivity index (χ2n) is 4.66. The van der Waals surface area contributed by atoms with E-state index < -0.39 is 11.4 Å². The Balaban J connectivity index is 2.46. The summed E-state index contributed by atoms with van der Waals surface area (Å²) in [5, 5.41) is 9.42. The molecule has 92 valence electrons. The van der Waals surface area contributed by atoms with Crippen molar-refractivity contribution in [2.24, 2.45) is 0 Å². The van der Waals surface area contributed by atoms with Gasteiger partial charge in [0.1, 0.15) is 5.75 Å². The van der Waals surface area contributed by atoms with Gasteiger partial charge in [-0.1, -0.05) is 19.4 Å². The number of methoxy groups -OCH3 is 1. The average molecular weight is 234 g/mol. The molecule has 0 amide bonds. The molecule has 1 aliphatic rings. The SMILES string of the molecule is CCc1cc(OC)cc(C2(C(=O)O)CCC2)c1. The van der Waals surface area contributed by atoms with Gasteiger partial charge in [-0.25, -0.2) is 0 Å². The summed E-state index contributed by atoms with van der Waals surface area (Å²) in [7, 11) is 1.62. The fourth-order valence-corrected chi connectivity index (χ4v) is 2.42. The Labute approximate surface area is 101 Å². The highest BCUT2D eigenvalue weighted by Gasteiger charge is 2.46. The number of hydrogen-bond donors (Lipinski definition) is 1. The Morgan fingerprint density at radius 2 is 2.12 bits per heavy atom. The maximum Gasteiger partial charge on any atom is 0.314 e. The molecule has 1 aromatic rings. The standard InChI is InChI=1S/C14H18O3/c1-3-10-7-11(9-12(8-10)17-2)14(13(15)16)5-4-6-14/h7-9H,3-6H2,1-2H3,(H,15,16). The molecule has 2 rings (SSSR count). The van der Waals surface area contributed by atoms with Gasteiger partial charge >= 0.3 is 5.97 Å². The molecule has 0 radical (unpaired) electrons. The molecule has 17 heavy (non-hydrogen) atoms. The van der Waals surface area contributed by atoms with Gasteiger partial charge in [-0.3, -0.25) is 4.79 Å². The number of benzene rings is 1. The molecule has 1 aliphatic carbocycles. The first-order valence-electron chi connectivity index (χ1n) is 6.04. The summed E-state index contributed by atoms with van der Waals surface area (Å²) in [5.41, 5.74) is 1.36. The molecule has 0 unspecified atom stereocenters. The first-order valence-corrected chi connectivity index (χ1v) is 6.04. The molecule has 0 saturated heterocycles. The molecule has 0 aliphatic heterocycles. The van der Waals surface area contributed by atoms with E-state index in [4.69, 9.17) is 4.74 Å². The number of rotatable bonds is 4. The number of carboxylic acid groups (broad SMARTS) is 1. The molecular formula is C14H18O3. The number of ether oxygens (including phenoxy) is 1. The van der Waals surface area contributed by atoms with Gasteiger partial charge in [-0.15, -0.1) is 0 Å². The van der Waals surface area contributed by atoms with Crippen molar-refractivity contribution in [3.63, 3.8) is 0 Å². The fraction of sp³-hybridized carbons (Fsp3) is 0.500. The summed E-state index contributed by atoms with van der Waals surface area (Å²) < 4.78 is 5.25. The number of aryl methyl sites for hydroxylation is 1. The molecule has 1 saturated carbocycles. The van der Waals surface area contributed by atoms with Gasteiger partial charge in [-0.05, 0) is 42.5 Å².